The summed E-state index contributed by atoms with van der Waals surface area (Å²) in [4.78, 5) is 18.6. The zero-order valence-electron chi connectivity index (χ0n) is 10.5. The van der Waals surface area contributed by atoms with Gasteiger partial charge in [0.15, 0.2) is 5.16 Å². The second-order valence-corrected chi connectivity index (χ2v) is 4.84. The molecule has 0 fully saturated rings. The topological polar surface area (TPSA) is 57.8 Å². The summed E-state index contributed by atoms with van der Waals surface area (Å²) in [6, 6.07) is 6.10. The molecule has 0 radical (unpaired) electrons. The molecule has 6 heteroatoms. The molecular formula is C14H12FN3OS. The third-order valence-corrected chi connectivity index (χ3v) is 3.32. The number of hydrogen-bond donors (Lipinski definition) is 2. The molecule has 0 aliphatic heterocycles. The van der Waals surface area contributed by atoms with E-state index in [1.165, 1.54) is 23.9 Å². The highest BCUT2D eigenvalue weighted by atomic mass is 32.2. The van der Waals surface area contributed by atoms with Crippen LogP contribution in [0.3, 0.4) is 0 Å². The van der Waals surface area contributed by atoms with Crippen molar-refractivity contribution in [2.24, 2.45) is 0 Å². The third-order valence-electron chi connectivity index (χ3n) is 2.44. The number of benzene rings is 1. The highest BCUT2D eigenvalue weighted by Gasteiger charge is 2.06. The Bertz CT molecular complexity index is 631. The van der Waals surface area contributed by atoms with Crippen LogP contribution in [0.2, 0.25) is 0 Å². The lowest BCUT2D eigenvalue weighted by atomic mass is 10.2. The second kappa shape index (κ2) is 6.78. The molecule has 1 aromatic carbocycles. The second-order valence-electron chi connectivity index (χ2n) is 3.88. The number of halogens is 1. The number of terminal acetylenes is 1. The quantitative estimate of drug-likeness (QED) is 0.654. The number of aromatic nitrogens is 2. The summed E-state index contributed by atoms with van der Waals surface area (Å²) >= 11 is 1.28. The molecule has 0 spiro atoms. The molecule has 0 aliphatic carbocycles. The molecule has 2 N–H and O–H groups in total. The van der Waals surface area contributed by atoms with E-state index in [-0.39, 0.29) is 24.0 Å². The average molecular weight is 289 g/mol. The fraction of sp³-hybridized carbons (Fsp3) is 0.143. The molecule has 2 aromatic rings. The molecule has 102 valence electrons. The molecule has 0 unspecified atom stereocenters. The van der Waals surface area contributed by atoms with Gasteiger partial charge in [0.05, 0.1) is 24.2 Å². The van der Waals surface area contributed by atoms with Gasteiger partial charge in [0.1, 0.15) is 5.82 Å². The van der Waals surface area contributed by atoms with Crippen molar-refractivity contribution in [2.45, 2.75) is 5.16 Å². The van der Waals surface area contributed by atoms with Gasteiger partial charge in [0.2, 0.25) is 5.91 Å². The molecule has 0 aliphatic rings. The third kappa shape index (κ3) is 3.87. The lowest BCUT2D eigenvalue weighted by molar-refractivity contribution is -0.118. The van der Waals surface area contributed by atoms with Crippen LogP contribution in [-0.4, -0.2) is 28.2 Å². The van der Waals surface area contributed by atoms with Crippen molar-refractivity contribution in [2.75, 3.05) is 12.3 Å². The fourth-order valence-corrected chi connectivity index (χ4v) is 2.17. The first kappa shape index (κ1) is 14.2. The summed E-state index contributed by atoms with van der Waals surface area (Å²) in [5.74, 6) is 2.14. The molecule has 1 amide bonds. The Kier molecular flexibility index (Phi) is 4.80. The van der Waals surface area contributed by atoms with Crippen LogP contribution in [0, 0.1) is 18.2 Å². The van der Waals surface area contributed by atoms with E-state index in [2.05, 4.69) is 21.2 Å². The lowest BCUT2D eigenvalue weighted by Crippen LogP contribution is -2.25. The molecule has 0 bridgehead atoms. The van der Waals surface area contributed by atoms with Gasteiger partial charge in [-0.2, -0.15) is 0 Å². The molecular weight excluding hydrogens is 277 g/mol. The molecule has 0 saturated heterocycles. The average Bonchev–Trinajstić information content (AvgIpc) is 2.92. The van der Waals surface area contributed by atoms with Gasteiger partial charge >= 0.3 is 0 Å². The number of H-pyrrole nitrogens is 1. The number of carbonyl (C=O) groups excluding carboxylic acids is 1. The van der Waals surface area contributed by atoms with Gasteiger partial charge in [-0.1, -0.05) is 17.7 Å². The number of nitrogens with zero attached hydrogens (tertiary/aromatic N) is 1. The van der Waals surface area contributed by atoms with E-state index in [0.717, 1.165) is 11.3 Å². The minimum atomic E-state index is -0.284. The Morgan fingerprint density at radius 3 is 2.90 bits per heavy atom. The molecule has 1 aromatic heterocycles. The van der Waals surface area contributed by atoms with E-state index in [4.69, 9.17) is 6.42 Å². The Morgan fingerprint density at radius 1 is 1.45 bits per heavy atom. The number of imidazole rings is 1. The summed E-state index contributed by atoms with van der Waals surface area (Å²) in [6.45, 7) is 0.221. The zero-order valence-corrected chi connectivity index (χ0v) is 11.3. The van der Waals surface area contributed by atoms with E-state index >= 15 is 0 Å². The maximum atomic E-state index is 12.8. The summed E-state index contributed by atoms with van der Waals surface area (Å²) in [5, 5.41) is 3.19. The summed E-state index contributed by atoms with van der Waals surface area (Å²) in [6.07, 6.45) is 6.69. The number of aromatic amines is 1. The van der Waals surface area contributed by atoms with Crippen molar-refractivity contribution >= 4 is 17.7 Å². The Hall–Kier alpha value is -2.26. The number of hydrogen-bond acceptors (Lipinski definition) is 3. The largest absolute Gasteiger partial charge is 0.344 e. The standard InChI is InChI=1S/C14H12FN3OS/c1-2-7-16-13(19)9-20-14-17-8-12(18-14)10-3-5-11(15)6-4-10/h1,3-6,8H,7,9H2,(H,16,19)(H,17,18). The number of carbonyl (C=O) groups is 1. The van der Waals surface area contributed by atoms with Crippen LogP contribution >= 0.6 is 11.8 Å². The van der Waals surface area contributed by atoms with Crippen molar-refractivity contribution in [1.29, 1.82) is 0 Å². The molecule has 0 atom stereocenters. The highest BCUT2D eigenvalue weighted by molar-refractivity contribution is 7.99. The first-order valence-electron chi connectivity index (χ1n) is 5.83. The van der Waals surface area contributed by atoms with E-state index in [0.29, 0.717) is 5.16 Å². The Labute approximate surface area is 120 Å². The maximum Gasteiger partial charge on any atom is 0.231 e. The van der Waals surface area contributed by atoms with Crippen molar-refractivity contribution in [3.8, 4) is 23.6 Å². The van der Waals surface area contributed by atoms with Gasteiger partial charge in [-0.25, -0.2) is 9.37 Å². The van der Waals surface area contributed by atoms with E-state index in [1.807, 2.05) is 0 Å². The zero-order chi connectivity index (χ0) is 14.4. The molecule has 1 heterocycles. The first-order valence-corrected chi connectivity index (χ1v) is 6.81. The van der Waals surface area contributed by atoms with Crippen LogP contribution < -0.4 is 5.32 Å². The van der Waals surface area contributed by atoms with Gasteiger partial charge in [0, 0.05) is 0 Å². The van der Waals surface area contributed by atoms with Crippen LogP contribution in [0.15, 0.2) is 35.6 Å². The van der Waals surface area contributed by atoms with Gasteiger partial charge < -0.3 is 10.3 Å². The summed E-state index contributed by atoms with van der Waals surface area (Å²) in [5.41, 5.74) is 1.61. The molecule has 0 saturated carbocycles. The summed E-state index contributed by atoms with van der Waals surface area (Å²) < 4.78 is 12.8. The highest BCUT2D eigenvalue weighted by Crippen LogP contribution is 2.21. The smallest absolute Gasteiger partial charge is 0.231 e. The molecule has 2 rings (SSSR count). The van der Waals surface area contributed by atoms with Gasteiger partial charge in [0.25, 0.3) is 0 Å². The van der Waals surface area contributed by atoms with Crippen LogP contribution in [0.4, 0.5) is 4.39 Å². The SMILES string of the molecule is C#CCNC(=O)CSc1ncc(-c2ccc(F)cc2)[nH]1. The van der Waals surface area contributed by atoms with E-state index < -0.39 is 0 Å². The van der Waals surface area contributed by atoms with Crippen molar-refractivity contribution in [1.82, 2.24) is 15.3 Å². The maximum absolute atomic E-state index is 12.8. The lowest BCUT2D eigenvalue weighted by Gasteiger charge is -1.99. The number of amides is 1. The van der Waals surface area contributed by atoms with Gasteiger partial charge in [-0.05, 0) is 29.8 Å². The summed E-state index contributed by atoms with van der Waals surface area (Å²) in [7, 11) is 0. The normalized spacial score (nSPS) is 10.0. The first-order chi connectivity index (χ1) is 9.69. The Balaban J connectivity index is 1.94. The van der Waals surface area contributed by atoms with Gasteiger partial charge in [-0.3, -0.25) is 4.79 Å². The number of rotatable bonds is 5. The predicted molar refractivity (Wildman–Crippen MR) is 76.5 cm³/mol. The van der Waals surface area contributed by atoms with Crippen LogP contribution in [0.5, 0.6) is 0 Å². The minimum Gasteiger partial charge on any atom is -0.344 e. The van der Waals surface area contributed by atoms with E-state index in [1.54, 1.807) is 18.3 Å². The fourth-order valence-electron chi connectivity index (χ4n) is 1.49. The van der Waals surface area contributed by atoms with E-state index in [9.17, 15) is 9.18 Å². The van der Waals surface area contributed by atoms with Crippen molar-refractivity contribution in [3.63, 3.8) is 0 Å². The van der Waals surface area contributed by atoms with Gasteiger partial charge in [-0.15, -0.1) is 6.42 Å². The van der Waals surface area contributed by atoms with Crippen molar-refractivity contribution in [3.05, 3.63) is 36.3 Å². The monoisotopic (exact) mass is 289 g/mol. The number of thioether (sulfide) groups is 1. The van der Waals surface area contributed by atoms with Crippen molar-refractivity contribution < 1.29 is 9.18 Å². The molecule has 4 nitrogen and oxygen atoms in total. The minimum absolute atomic E-state index is 0.146. The Morgan fingerprint density at radius 2 is 2.20 bits per heavy atom. The van der Waals surface area contributed by atoms with Crippen LogP contribution in [0.1, 0.15) is 0 Å². The molecule has 20 heavy (non-hydrogen) atoms. The van der Waals surface area contributed by atoms with Crippen LogP contribution in [0.25, 0.3) is 11.3 Å². The number of nitrogens with one attached hydrogen (secondary N) is 2. The van der Waals surface area contributed by atoms with Crippen LogP contribution in [-0.2, 0) is 4.79 Å². The predicted octanol–water partition coefficient (Wildman–Crippen LogP) is 2.06.